The number of hydrogen-bond acceptors (Lipinski definition) is 4. The van der Waals surface area contributed by atoms with Crippen LogP contribution in [0.25, 0.3) is 0 Å². The van der Waals surface area contributed by atoms with Gasteiger partial charge in [-0.1, -0.05) is 12.8 Å². The Balaban J connectivity index is 2.18. The van der Waals surface area contributed by atoms with Crippen molar-refractivity contribution in [3.8, 4) is 5.75 Å². The predicted octanol–water partition coefficient (Wildman–Crippen LogP) is 1.47. The van der Waals surface area contributed by atoms with Gasteiger partial charge in [0.15, 0.2) is 0 Å². The summed E-state index contributed by atoms with van der Waals surface area (Å²) in [4.78, 5) is 18.0. The molecule has 1 saturated carbocycles. The Morgan fingerprint density at radius 3 is 2.89 bits per heavy atom. The van der Waals surface area contributed by atoms with Gasteiger partial charge in [-0.15, -0.1) is 0 Å². The quantitative estimate of drug-likeness (QED) is 0.898. The van der Waals surface area contributed by atoms with Crippen LogP contribution in [0.1, 0.15) is 36.0 Å². The number of hydrogen-bond donors (Lipinski definition) is 1. The van der Waals surface area contributed by atoms with Crippen LogP contribution in [0.5, 0.6) is 5.75 Å². The molecule has 2 rings (SSSR count). The van der Waals surface area contributed by atoms with E-state index in [2.05, 4.69) is 4.98 Å². The van der Waals surface area contributed by atoms with Crippen LogP contribution >= 0.6 is 0 Å². The minimum absolute atomic E-state index is 0.112. The fraction of sp³-hybridized carbons (Fsp3) is 0.571. The number of carbonyl (C=O) groups is 1. The lowest BCUT2D eigenvalue weighted by molar-refractivity contribution is 0.0266. The molecule has 0 bridgehead atoms. The monoisotopic (exact) mass is 264 g/mol. The van der Waals surface area contributed by atoms with E-state index >= 15 is 0 Å². The Kier molecular flexibility index (Phi) is 4.37. The van der Waals surface area contributed by atoms with Gasteiger partial charge < -0.3 is 14.7 Å². The Hall–Kier alpha value is -1.62. The first-order valence-corrected chi connectivity index (χ1v) is 6.58. The number of aromatic nitrogens is 1. The summed E-state index contributed by atoms with van der Waals surface area (Å²) in [5.74, 6) is 0.329. The van der Waals surface area contributed by atoms with Gasteiger partial charge in [0.05, 0.1) is 31.0 Å². The van der Waals surface area contributed by atoms with E-state index in [1.165, 1.54) is 13.3 Å². The number of nitrogens with zero attached hydrogens (tertiary/aromatic N) is 2. The summed E-state index contributed by atoms with van der Waals surface area (Å²) in [7, 11) is 3.25. The number of likely N-dealkylation sites (N-methyl/N-ethyl adjacent to an activating group) is 1. The second-order valence-corrected chi connectivity index (χ2v) is 4.91. The van der Waals surface area contributed by atoms with Gasteiger partial charge >= 0.3 is 0 Å². The Labute approximate surface area is 113 Å². The highest BCUT2D eigenvalue weighted by Crippen LogP contribution is 2.25. The average molecular weight is 264 g/mol. The van der Waals surface area contributed by atoms with Crippen molar-refractivity contribution in [3.05, 3.63) is 24.0 Å². The summed E-state index contributed by atoms with van der Waals surface area (Å²) in [6.45, 7) is 0. The Morgan fingerprint density at radius 2 is 2.21 bits per heavy atom. The number of rotatable bonds is 3. The van der Waals surface area contributed by atoms with Crippen LogP contribution in [0.15, 0.2) is 18.5 Å². The van der Waals surface area contributed by atoms with Gasteiger partial charge in [0.1, 0.15) is 5.75 Å². The van der Waals surface area contributed by atoms with Gasteiger partial charge in [-0.05, 0) is 18.9 Å². The van der Waals surface area contributed by atoms with Crippen LogP contribution in [0, 0.1) is 0 Å². The molecule has 1 aromatic rings. The Bertz CT molecular complexity index is 450. The third-order valence-corrected chi connectivity index (χ3v) is 3.75. The summed E-state index contributed by atoms with van der Waals surface area (Å²) in [5.41, 5.74) is 0.484. The molecule has 2 atom stereocenters. The van der Waals surface area contributed by atoms with E-state index in [0.29, 0.717) is 11.3 Å². The summed E-state index contributed by atoms with van der Waals surface area (Å²) in [6, 6.07) is 1.53. The fourth-order valence-electron chi connectivity index (χ4n) is 2.60. The molecule has 0 spiro atoms. The number of pyridine rings is 1. The highest BCUT2D eigenvalue weighted by atomic mass is 16.5. The second-order valence-electron chi connectivity index (χ2n) is 4.91. The third kappa shape index (κ3) is 2.87. The van der Waals surface area contributed by atoms with E-state index in [9.17, 15) is 9.90 Å². The van der Waals surface area contributed by atoms with E-state index in [1.807, 2.05) is 0 Å². The molecule has 5 nitrogen and oxygen atoms in total. The molecule has 1 N–H and O–H groups in total. The number of aliphatic hydroxyl groups is 1. The molecule has 0 aromatic carbocycles. The molecule has 5 heteroatoms. The zero-order chi connectivity index (χ0) is 13.8. The molecular weight excluding hydrogens is 244 g/mol. The van der Waals surface area contributed by atoms with Crippen molar-refractivity contribution >= 4 is 5.91 Å². The SMILES string of the molecule is COc1cnccc1C(=O)N(C)C1CCCCC1O. The van der Waals surface area contributed by atoms with Crippen molar-refractivity contribution in [1.82, 2.24) is 9.88 Å². The van der Waals surface area contributed by atoms with Crippen molar-refractivity contribution in [2.45, 2.75) is 37.8 Å². The van der Waals surface area contributed by atoms with Crippen LogP contribution in [0.4, 0.5) is 0 Å². The van der Waals surface area contributed by atoms with Crippen molar-refractivity contribution < 1.29 is 14.6 Å². The second kappa shape index (κ2) is 6.02. The van der Waals surface area contributed by atoms with E-state index in [-0.39, 0.29) is 11.9 Å². The van der Waals surface area contributed by atoms with Gasteiger partial charge in [0.25, 0.3) is 5.91 Å². The average Bonchev–Trinajstić information content (AvgIpc) is 2.46. The third-order valence-electron chi connectivity index (χ3n) is 3.75. The number of methoxy groups -OCH3 is 1. The summed E-state index contributed by atoms with van der Waals surface area (Å²) < 4.78 is 5.16. The van der Waals surface area contributed by atoms with Crippen LogP contribution in [-0.4, -0.2) is 47.2 Å². The number of aliphatic hydroxyl groups excluding tert-OH is 1. The molecule has 1 aliphatic rings. The van der Waals surface area contributed by atoms with E-state index in [4.69, 9.17) is 4.74 Å². The van der Waals surface area contributed by atoms with Crippen molar-refractivity contribution in [2.24, 2.45) is 0 Å². The Morgan fingerprint density at radius 1 is 1.47 bits per heavy atom. The van der Waals surface area contributed by atoms with E-state index in [1.54, 1.807) is 24.2 Å². The minimum Gasteiger partial charge on any atom is -0.494 e. The number of amides is 1. The molecule has 1 fully saturated rings. The fourth-order valence-corrected chi connectivity index (χ4v) is 2.60. The van der Waals surface area contributed by atoms with Crippen LogP contribution < -0.4 is 4.74 Å². The van der Waals surface area contributed by atoms with Gasteiger partial charge in [0, 0.05) is 13.2 Å². The van der Waals surface area contributed by atoms with Crippen molar-refractivity contribution in [2.75, 3.05) is 14.2 Å². The van der Waals surface area contributed by atoms with E-state index in [0.717, 1.165) is 25.7 Å². The smallest absolute Gasteiger partial charge is 0.257 e. The van der Waals surface area contributed by atoms with Gasteiger partial charge in [-0.2, -0.15) is 0 Å². The molecule has 19 heavy (non-hydrogen) atoms. The molecule has 0 saturated heterocycles. The van der Waals surface area contributed by atoms with Crippen LogP contribution in [0.3, 0.4) is 0 Å². The van der Waals surface area contributed by atoms with Crippen molar-refractivity contribution in [1.29, 1.82) is 0 Å². The first-order chi connectivity index (χ1) is 9.15. The molecule has 2 unspecified atom stereocenters. The van der Waals surface area contributed by atoms with Crippen LogP contribution in [-0.2, 0) is 0 Å². The predicted molar refractivity (Wildman–Crippen MR) is 71.1 cm³/mol. The minimum atomic E-state index is -0.435. The first kappa shape index (κ1) is 13.8. The lowest BCUT2D eigenvalue weighted by Crippen LogP contribution is -2.46. The number of ether oxygens (including phenoxy) is 1. The van der Waals surface area contributed by atoms with Gasteiger partial charge in [-0.3, -0.25) is 9.78 Å². The van der Waals surface area contributed by atoms with Crippen molar-refractivity contribution in [3.63, 3.8) is 0 Å². The maximum atomic E-state index is 12.5. The maximum absolute atomic E-state index is 12.5. The van der Waals surface area contributed by atoms with Crippen LogP contribution in [0.2, 0.25) is 0 Å². The molecule has 1 heterocycles. The number of carbonyl (C=O) groups excluding carboxylic acids is 1. The summed E-state index contributed by atoms with van der Waals surface area (Å²) in [5, 5.41) is 10.0. The highest BCUT2D eigenvalue weighted by Gasteiger charge is 2.30. The lowest BCUT2D eigenvalue weighted by Gasteiger charge is -2.35. The molecule has 1 amide bonds. The van der Waals surface area contributed by atoms with Gasteiger partial charge in [0.2, 0.25) is 0 Å². The van der Waals surface area contributed by atoms with Gasteiger partial charge in [-0.25, -0.2) is 0 Å². The zero-order valence-corrected chi connectivity index (χ0v) is 11.4. The highest BCUT2D eigenvalue weighted by molar-refractivity contribution is 5.96. The molecule has 1 aromatic heterocycles. The molecular formula is C14H20N2O3. The topological polar surface area (TPSA) is 62.7 Å². The maximum Gasteiger partial charge on any atom is 0.257 e. The summed E-state index contributed by atoms with van der Waals surface area (Å²) in [6.07, 6.45) is 6.34. The zero-order valence-electron chi connectivity index (χ0n) is 11.4. The molecule has 0 radical (unpaired) electrons. The first-order valence-electron chi connectivity index (χ1n) is 6.58. The normalized spacial score (nSPS) is 22.9. The largest absolute Gasteiger partial charge is 0.494 e. The lowest BCUT2D eigenvalue weighted by atomic mass is 9.91. The summed E-state index contributed by atoms with van der Waals surface area (Å²) >= 11 is 0. The molecule has 0 aliphatic heterocycles. The standard InChI is InChI=1S/C14H20N2O3/c1-16(11-5-3-4-6-12(11)17)14(18)10-7-8-15-9-13(10)19-2/h7-9,11-12,17H,3-6H2,1-2H3. The molecule has 104 valence electrons. The molecule has 1 aliphatic carbocycles. The van der Waals surface area contributed by atoms with E-state index < -0.39 is 6.10 Å².